The predicted octanol–water partition coefficient (Wildman–Crippen LogP) is 0.372. The third-order valence-corrected chi connectivity index (χ3v) is 2.34. The fourth-order valence-electron chi connectivity index (χ4n) is 1.31. The van der Waals surface area contributed by atoms with Gasteiger partial charge in [0.25, 0.3) is 0 Å². The summed E-state index contributed by atoms with van der Waals surface area (Å²) in [6.45, 7) is 3.24. The van der Waals surface area contributed by atoms with Crippen molar-refractivity contribution in [3.05, 3.63) is 35.4 Å². The lowest BCUT2D eigenvalue weighted by molar-refractivity contribution is 0.0450. The van der Waals surface area contributed by atoms with Crippen LogP contribution in [0.3, 0.4) is 0 Å². The first kappa shape index (κ1) is 20.0. The molecule has 0 spiro atoms. The summed E-state index contributed by atoms with van der Waals surface area (Å²) < 4.78 is 9.70. The summed E-state index contributed by atoms with van der Waals surface area (Å²) in [5, 5.41) is 24.0. The summed E-state index contributed by atoms with van der Waals surface area (Å²) in [4.78, 5) is 23.1. The number of esters is 2. The van der Waals surface area contributed by atoms with E-state index in [1.165, 1.54) is 0 Å². The van der Waals surface area contributed by atoms with E-state index in [-0.39, 0.29) is 37.6 Å². The molecule has 3 N–H and O–H groups in total. The van der Waals surface area contributed by atoms with Crippen molar-refractivity contribution in [2.75, 3.05) is 26.4 Å². The topological polar surface area (TPSA) is 113 Å². The van der Waals surface area contributed by atoms with E-state index in [1.807, 2.05) is 0 Å². The zero-order valence-electron chi connectivity index (χ0n) is 12.7. The molecule has 0 aliphatic rings. The van der Waals surface area contributed by atoms with Crippen molar-refractivity contribution in [1.82, 2.24) is 0 Å². The van der Waals surface area contributed by atoms with Gasteiger partial charge in [0.2, 0.25) is 0 Å². The summed E-state index contributed by atoms with van der Waals surface area (Å²) in [7, 11) is 0. The molecule has 0 radical (unpaired) electrons. The van der Waals surface area contributed by atoms with E-state index in [1.54, 1.807) is 38.1 Å². The van der Waals surface area contributed by atoms with E-state index in [0.717, 1.165) is 0 Å². The molecule has 7 heteroatoms. The molecular weight excluding hydrogens is 292 g/mol. The second kappa shape index (κ2) is 11.7. The number of hydrogen-bond donors (Lipinski definition) is 3. The van der Waals surface area contributed by atoms with Gasteiger partial charge in [0.15, 0.2) is 0 Å². The van der Waals surface area contributed by atoms with E-state index < -0.39 is 18.0 Å². The van der Waals surface area contributed by atoms with Gasteiger partial charge in [-0.15, -0.1) is 0 Å². The highest BCUT2D eigenvalue weighted by Crippen LogP contribution is 2.11. The second-order valence-corrected chi connectivity index (χ2v) is 4.01. The Balaban J connectivity index is 0.000000626. The van der Waals surface area contributed by atoms with Crippen LogP contribution in [-0.4, -0.2) is 59.8 Å². The Morgan fingerprint density at radius 3 is 1.55 bits per heavy atom. The van der Waals surface area contributed by atoms with E-state index in [2.05, 4.69) is 0 Å². The maximum Gasteiger partial charge on any atom is 0.338 e. The zero-order chi connectivity index (χ0) is 17.0. The molecule has 7 nitrogen and oxygen atoms in total. The van der Waals surface area contributed by atoms with Gasteiger partial charge in [-0.1, -0.05) is 12.1 Å². The molecule has 124 valence electrons. The Kier molecular flexibility index (Phi) is 10.6. The van der Waals surface area contributed by atoms with Crippen molar-refractivity contribution in [3.8, 4) is 0 Å². The van der Waals surface area contributed by atoms with Crippen molar-refractivity contribution in [3.63, 3.8) is 0 Å². The summed E-state index contributed by atoms with van der Waals surface area (Å²) in [6.07, 6.45) is -0.954. The third kappa shape index (κ3) is 7.16. The molecule has 0 aliphatic heterocycles. The maximum absolute atomic E-state index is 11.5. The molecule has 0 fully saturated rings. The summed E-state index contributed by atoms with van der Waals surface area (Å²) in [6, 6.07) is 6.44. The minimum absolute atomic E-state index is 0.239. The SMILES string of the molecule is CCOC(=O)c1ccccc1C(=O)OCC.OCC(O)CO. The number of hydrogen-bond acceptors (Lipinski definition) is 7. The van der Waals surface area contributed by atoms with Crippen LogP contribution in [0.2, 0.25) is 0 Å². The first-order valence-electron chi connectivity index (χ1n) is 6.84. The largest absolute Gasteiger partial charge is 0.462 e. The highest BCUT2D eigenvalue weighted by atomic mass is 16.5. The average molecular weight is 314 g/mol. The summed E-state index contributed by atoms with van der Waals surface area (Å²) in [5.41, 5.74) is 0.477. The van der Waals surface area contributed by atoms with Gasteiger partial charge >= 0.3 is 11.9 Å². The predicted molar refractivity (Wildman–Crippen MR) is 78.5 cm³/mol. The molecule has 0 heterocycles. The van der Waals surface area contributed by atoms with Gasteiger partial charge in [-0.2, -0.15) is 0 Å². The van der Waals surface area contributed by atoms with Gasteiger partial charge in [-0.3, -0.25) is 0 Å². The van der Waals surface area contributed by atoms with Gasteiger partial charge in [-0.05, 0) is 26.0 Å². The molecule has 22 heavy (non-hydrogen) atoms. The Labute approximate surface area is 129 Å². The van der Waals surface area contributed by atoms with Gasteiger partial charge in [0, 0.05) is 0 Å². The van der Waals surface area contributed by atoms with Crippen LogP contribution >= 0.6 is 0 Å². The van der Waals surface area contributed by atoms with Crippen molar-refractivity contribution in [2.45, 2.75) is 20.0 Å². The molecule has 0 aromatic heterocycles. The Morgan fingerprint density at radius 2 is 1.32 bits per heavy atom. The average Bonchev–Trinajstić information content (AvgIpc) is 2.55. The van der Waals surface area contributed by atoms with Gasteiger partial charge in [-0.25, -0.2) is 9.59 Å². The monoisotopic (exact) mass is 314 g/mol. The summed E-state index contributed by atoms with van der Waals surface area (Å²) >= 11 is 0. The molecule has 1 aromatic carbocycles. The van der Waals surface area contributed by atoms with Gasteiger partial charge in [0.1, 0.15) is 6.10 Å². The third-order valence-electron chi connectivity index (χ3n) is 2.34. The smallest absolute Gasteiger partial charge is 0.338 e. The zero-order valence-corrected chi connectivity index (χ0v) is 12.7. The lowest BCUT2D eigenvalue weighted by Gasteiger charge is -2.07. The number of aliphatic hydroxyl groups is 3. The first-order valence-corrected chi connectivity index (χ1v) is 6.84. The van der Waals surface area contributed by atoms with E-state index in [4.69, 9.17) is 24.8 Å². The number of ether oxygens (including phenoxy) is 2. The molecule has 0 saturated carbocycles. The van der Waals surface area contributed by atoms with Gasteiger partial charge in [0.05, 0.1) is 37.6 Å². The minimum atomic E-state index is -0.954. The standard InChI is InChI=1S/C12H14O4.C3H8O3/c1-3-15-11(13)9-7-5-6-8-10(9)12(14)16-4-2;4-1-3(6)2-5/h5-8H,3-4H2,1-2H3;3-6H,1-2H2. The van der Waals surface area contributed by atoms with Crippen LogP contribution in [0, 0.1) is 0 Å². The van der Waals surface area contributed by atoms with Crippen molar-refractivity contribution in [2.24, 2.45) is 0 Å². The normalized spacial score (nSPS) is 9.73. The molecule has 0 atom stereocenters. The number of carbonyl (C=O) groups excluding carboxylic acids is 2. The molecular formula is C15H22O7. The number of benzene rings is 1. The number of rotatable bonds is 6. The van der Waals surface area contributed by atoms with Crippen LogP contribution in [-0.2, 0) is 9.47 Å². The number of aliphatic hydroxyl groups excluding tert-OH is 3. The highest BCUT2D eigenvalue weighted by Gasteiger charge is 2.17. The minimum Gasteiger partial charge on any atom is -0.462 e. The second-order valence-electron chi connectivity index (χ2n) is 4.01. The first-order chi connectivity index (χ1) is 10.5. The van der Waals surface area contributed by atoms with Crippen molar-refractivity contribution in [1.29, 1.82) is 0 Å². The number of carbonyl (C=O) groups is 2. The fourth-order valence-corrected chi connectivity index (χ4v) is 1.31. The van der Waals surface area contributed by atoms with Crippen LogP contribution < -0.4 is 0 Å². The highest BCUT2D eigenvalue weighted by molar-refractivity contribution is 6.03. The quantitative estimate of drug-likeness (QED) is 0.650. The van der Waals surface area contributed by atoms with Crippen LogP contribution in [0.1, 0.15) is 34.6 Å². The lowest BCUT2D eigenvalue weighted by atomic mass is 10.1. The molecule has 0 saturated heterocycles. The Bertz CT molecular complexity index is 418. The Hall–Kier alpha value is -1.96. The van der Waals surface area contributed by atoms with Crippen LogP contribution in [0.15, 0.2) is 24.3 Å². The summed E-state index contributed by atoms with van der Waals surface area (Å²) in [5.74, 6) is -1.02. The molecule has 1 rings (SSSR count). The van der Waals surface area contributed by atoms with Gasteiger partial charge < -0.3 is 24.8 Å². The van der Waals surface area contributed by atoms with Crippen molar-refractivity contribution < 1.29 is 34.4 Å². The van der Waals surface area contributed by atoms with Crippen LogP contribution in [0.25, 0.3) is 0 Å². The van der Waals surface area contributed by atoms with E-state index >= 15 is 0 Å². The van der Waals surface area contributed by atoms with E-state index in [0.29, 0.717) is 0 Å². The molecule has 0 unspecified atom stereocenters. The Morgan fingerprint density at radius 1 is 0.955 bits per heavy atom. The van der Waals surface area contributed by atoms with Crippen LogP contribution in [0.5, 0.6) is 0 Å². The molecule has 0 bridgehead atoms. The fraction of sp³-hybridized carbons (Fsp3) is 0.467. The van der Waals surface area contributed by atoms with E-state index in [9.17, 15) is 9.59 Å². The van der Waals surface area contributed by atoms with Crippen molar-refractivity contribution >= 4 is 11.9 Å². The molecule has 1 aromatic rings. The maximum atomic E-state index is 11.5. The lowest BCUT2D eigenvalue weighted by Crippen LogP contribution is -2.15. The van der Waals surface area contributed by atoms with Crippen LogP contribution in [0.4, 0.5) is 0 Å². The molecule has 0 amide bonds. The molecule has 0 aliphatic carbocycles.